The second kappa shape index (κ2) is 5.98. The molecule has 3 heterocycles. The van der Waals surface area contributed by atoms with Crippen molar-refractivity contribution in [1.29, 1.82) is 0 Å². The molecule has 0 aliphatic carbocycles. The van der Waals surface area contributed by atoms with Crippen LogP contribution in [-0.4, -0.2) is 28.9 Å². The van der Waals surface area contributed by atoms with Crippen molar-refractivity contribution in [2.45, 2.75) is 19.3 Å². The minimum Gasteiger partial charge on any atom is -0.454 e. The van der Waals surface area contributed by atoms with Gasteiger partial charge in [-0.1, -0.05) is 11.6 Å². The van der Waals surface area contributed by atoms with Crippen LogP contribution in [0.25, 0.3) is 22.4 Å². The number of hydrogen-bond acceptors (Lipinski definition) is 4. The SMILES string of the molecule is O=C1CCCN1CCc1nc(-c2cc3cc(Cl)ccc3o2)cs1. The Hall–Kier alpha value is -1.85. The first kappa shape index (κ1) is 14.7. The first-order valence-electron chi connectivity index (χ1n) is 7.61. The first-order valence-corrected chi connectivity index (χ1v) is 8.86. The number of carbonyl (C=O) groups is 1. The van der Waals surface area contributed by atoms with Gasteiger partial charge in [-0.05, 0) is 30.7 Å². The van der Waals surface area contributed by atoms with Gasteiger partial charge in [0.1, 0.15) is 11.3 Å². The highest BCUT2D eigenvalue weighted by Crippen LogP contribution is 2.30. The highest BCUT2D eigenvalue weighted by atomic mass is 35.5. The molecule has 23 heavy (non-hydrogen) atoms. The predicted molar refractivity (Wildman–Crippen MR) is 91.9 cm³/mol. The number of benzene rings is 1. The third-order valence-corrected chi connectivity index (χ3v) is 5.19. The van der Waals surface area contributed by atoms with Gasteiger partial charge in [0.2, 0.25) is 5.91 Å². The Labute approximate surface area is 142 Å². The Morgan fingerprint density at radius 1 is 1.35 bits per heavy atom. The molecule has 4 nitrogen and oxygen atoms in total. The number of carbonyl (C=O) groups excluding carboxylic acids is 1. The fraction of sp³-hybridized carbons (Fsp3) is 0.294. The number of rotatable bonds is 4. The molecule has 0 bridgehead atoms. The summed E-state index contributed by atoms with van der Waals surface area (Å²) in [6.45, 7) is 1.63. The summed E-state index contributed by atoms with van der Waals surface area (Å²) in [6.07, 6.45) is 2.45. The fourth-order valence-electron chi connectivity index (χ4n) is 2.85. The van der Waals surface area contributed by atoms with Gasteiger partial charge in [-0.3, -0.25) is 4.79 Å². The number of likely N-dealkylation sites (tertiary alicyclic amines) is 1. The van der Waals surface area contributed by atoms with Crippen molar-refractivity contribution < 1.29 is 9.21 Å². The molecule has 0 spiro atoms. The Morgan fingerprint density at radius 3 is 3.09 bits per heavy atom. The van der Waals surface area contributed by atoms with Gasteiger partial charge in [0, 0.05) is 41.7 Å². The first-order chi connectivity index (χ1) is 11.2. The van der Waals surface area contributed by atoms with E-state index in [1.807, 2.05) is 34.5 Å². The van der Waals surface area contributed by atoms with E-state index in [-0.39, 0.29) is 5.91 Å². The summed E-state index contributed by atoms with van der Waals surface area (Å²) in [6, 6.07) is 7.53. The van der Waals surface area contributed by atoms with Crippen molar-refractivity contribution in [3.8, 4) is 11.5 Å². The normalized spacial score (nSPS) is 15.0. The Morgan fingerprint density at radius 2 is 2.26 bits per heavy atom. The summed E-state index contributed by atoms with van der Waals surface area (Å²) in [4.78, 5) is 18.2. The number of hydrogen-bond donors (Lipinski definition) is 0. The van der Waals surface area contributed by atoms with Crippen molar-refractivity contribution in [2.24, 2.45) is 0 Å². The Bertz CT molecular complexity index is 870. The molecule has 0 N–H and O–H groups in total. The van der Waals surface area contributed by atoms with E-state index < -0.39 is 0 Å². The molecule has 118 valence electrons. The zero-order valence-corrected chi connectivity index (χ0v) is 14.0. The minimum absolute atomic E-state index is 0.260. The summed E-state index contributed by atoms with van der Waals surface area (Å²) >= 11 is 7.61. The lowest BCUT2D eigenvalue weighted by Gasteiger charge is -2.13. The molecule has 0 radical (unpaired) electrons. The summed E-state index contributed by atoms with van der Waals surface area (Å²) in [5, 5.41) is 4.70. The van der Waals surface area contributed by atoms with E-state index in [9.17, 15) is 4.79 Å². The number of aromatic nitrogens is 1. The van der Waals surface area contributed by atoms with E-state index in [0.29, 0.717) is 11.4 Å². The topological polar surface area (TPSA) is 46.3 Å². The maximum atomic E-state index is 11.6. The lowest BCUT2D eigenvalue weighted by molar-refractivity contribution is -0.127. The molecule has 0 atom stereocenters. The van der Waals surface area contributed by atoms with E-state index >= 15 is 0 Å². The van der Waals surface area contributed by atoms with Gasteiger partial charge in [-0.2, -0.15) is 0 Å². The maximum absolute atomic E-state index is 11.6. The predicted octanol–water partition coefficient (Wildman–Crippen LogP) is 4.37. The monoisotopic (exact) mass is 346 g/mol. The van der Waals surface area contributed by atoms with Crippen LogP contribution in [0.2, 0.25) is 5.02 Å². The van der Waals surface area contributed by atoms with Crippen molar-refractivity contribution in [2.75, 3.05) is 13.1 Å². The molecule has 1 saturated heterocycles. The lowest BCUT2D eigenvalue weighted by atomic mass is 10.2. The molecule has 2 aromatic heterocycles. The van der Waals surface area contributed by atoms with Crippen LogP contribution in [0.3, 0.4) is 0 Å². The number of furan rings is 1. The molecule has 1 aliphatic heterocycles. The van der Waals surface area contributed by atoms with Gasteiger partial charge < -0.3 is 9.32 Å². The fourth-order valence-corrected chi connectivity index (χ4v) is 3.81. The van der Waals surface area contributed by atoms with E-state index in [2.05, 4.69) is 4.98 Å². The molecule has 3 aromatic rings. The molecule has 6 heteroatoms. The van der Waals surface area contributed by atoms with Crippen molar-refractivity contribution in [3.63, 3.8) is 0 Å². The van der Waals surface area contributed by atoms with Gasteiger partial charge in [0.15, 0.2) is 5.76 Å². The van der Waals surface area contributed by atoms with Crippen LogP contribution < -0.4 is 0 Å². The molecule has 1 amide bonds. The van der Waals surface area contributed by atoms with E-state index in [1.165, 1.54) is 0 Å². The van der Waals surface area contributed by atoms with Crippen LogP contribution >= 0.6 is 22.9 Å². The number of nitrogens with zero attached hydrogens (tertiary/aromatic N) is 2. The average molecular weight is 347 g/mol. The van der Waals surface area contributed by atoms with Crippen LogP contribution in [0, 0.1) is 0 Å². The Kier molecular flexibility index (Phi) is 3.83. The largest absolute Gasteiger partial charge is 0.454 e. The summed E-state index contributed by atoms with van der Waals surface area (Å²) in [5.74, 6) is 1.01. The molecule has 0 saturated carbocycles. The number of fused-ring (bicyclic) bond motifs is 1. The zero-order chi connectivity index (χ0) is 15.8. The highest BCUT2D eigenvalue weighted by Gasteiger charge is 2.20. The van der Waals surface area contributed by atoms with E-state index in [4.69, 9.17) is 16.0 Å². The second-order valence-corrected chi connectivity index (χ2v) is 7.03. The average Bonchev–Trinajstić information content (AvgIpc) is 3.23. The number of thiazole rings is 1. The van der Waals surface area contributed by atoms with Gasteiger partial charge >= 0.3 is 0 Å². The second-order valence-electron chi connectivity index (χ2n) is 5.65. The molecule has 1 aliphatic rings. The summed E-state index contributed by atoms with van der Waals surface area (Å²) in [7, 11) is 0. The summed E-state index contributed by atoms with van der Waals surface area (Å²) in [5.41, 5.74) is 1.65. The highest BCUT2D eigenvalue weighted by molar-refractivity contribution is 7.09. The molecule has 4 rings (SSSR count). The Balaban J connectivity index is 1.51. The standard InChI is InChI=1S/C17H15ClN2O2S/c18-12-3-4-14-11(8-12)9-15(22-14)13-10-23-16(19-13)5-7-20-6-1-2-17(20)21/h3-4,8-10H,1-2,5-7H2. The minimum atomic E-state index is 0.260. The van der Waals surface area contributed by atoms with Gasteiger partial charge in [-0.25, -0.2) is 4.98 Å². The van der Waals surface area contributed by atoms with E-state index in [1.54, 1.807) is 11.3 Å². The zero-order valence-electron chi connectivity index (χ0n) is 12.4. The number of halogens is 1. The van der Waals surface area contributed by atoms with Gasteiger partial charge in [0.05, 0.1) is 5.01 Å². The van der Waals surface area contributed by atoms with Crippen LogP contribution in [0.15, 0.2) is 34.1 Å². The van der Waals surface area contributed by atoms with Crippen LogP contribution in [0.5, 0.6) is 0 Å². The smallest absolute Gasteiger partial charge is 0.222 e. The van der Waals surface area contributed by atoms with Crippen molar-refractivity contribution in [1.82, 2.24) is 9.88 Å². The third-order valence-electron chi connectivity index (χ3n) is 4.05. The molecule has 1 aromatic carbocycles. The molecular formula is C17H15ClN2O2S. The van der Waals surface area contributed by atoms with Gasteiger partial charge in [0.25, 0.3) is 0 Å². The molecule has 1 fully saturated rings. The molecular weight excluding hydrogens is 332 g/mol. The van der Waals surface area contributed by atoms with Crippen LogP contribution in [0.4, 0.5) is 0 Å². The quantitative estimate of drug-likeness (QED) is 0.704. The molecule has 0 unspecified atom stereocenters. The van der Waals surface area contributed by atoms with Crippen molar-refractivity contribution >= 4 is 39.8 Å². The van der Waals surface area contributed by atoms with Gasteiger partial charge in [-0.15, -0.1) is 11.3 Å². The van der Waals surface area contributed by atoms with Crippen LogP contribution in [-0.2, 0) is 11.2 Å². The third kappa shape index (κ3) is 2.99. The number of amides is 1. The van der Waals surface area contributed by atoms with E-state index in [0.717, 1.165) is 53.4 Å². The van der Waals surface area contributed by atoms with Crippen LogP contribution in [0.1, 0.15) is 17.8 Å². The van der Waals surface area contributed by atoms with Crippen molar-refractivity contribution in [3.05, 3.63) is 39.7 Å². The summed E-state index contributed by atoms with van der Waals surface area (Å²) < 4.78 is 5.84. The lowest BCUT2D eigenvalue weighted by Crippen LogP contribution is -2.26. The maximum Gasteiger partial charge on any atom is 0.222 e.